The second-order valence-electron chi connectivity index (χ2n) is 7.05. The zero-order chi connectivity index (χ0) is 21.3. The van der Waals surface area contributed by atoms with Gasteiger partial charge >= 0.3 is 0 Å². The zero-order valence-corrected chi connectivity index (χ0v) is 16.8. The van der Waals surface area contributed by atoms with Gasteiger partial charge in [-0.15, -0.1) is 0 Å². The lowest BCUT2D eigenvalue weighted by Gasteiger charge is -2.27. The molecule has 8 heteroatoms. The monoisotopic (exact) mass is 410 g/mol. The predicted octanol–water partition coefficient (Wildman–Crippen LogP) is 2.49. The fraction of sp³-hybridized carbons (Fsp3) is 0.318. The van der Waals surface area contributed by atoms with Gasteiger partial charge in [-0.3, -0.25) is 14.4 Å². The van der Waals surface area contributed by atoms with E-state index in [1.165, 1.54) is 4.90 Å². The summed E-state index contributed by atoms with van der Waals surface area (Å²) in [6, 6.07) is 11.2. The van der Waals surface area contributed by atoms with Crippen LogP contribution in [0.3, 0.4) is 0 Å². The number of benzene rings is 2. The molecule has 3 amide bonds. The Kier molecular flexibility index (Phi) is 5.31. The van der Waals surface area contributed by atoms with E-state index in [1.807, 2.05) is 6.07 Å². The summed E-state index contributed by atoms with van der Waals surface area (Å²) in [6.07, 6.45) is 0.173. The number of imide groups is 1. The van der Waals surface area contributed by atoms with Gasteiger partial charge in [0.05, 0.1) is 19.2 Å². The van der Waals surface area contributed by atoms with Crippen LogP contribution in [0.5, 0.6) is 17.2 Å². The summed E-state index contributed by atoms with van der Waals surface area (Å²) in [7, 11) is 1.54. The summed E-state index contributed by atoms with van der Waals surface area (Å²) in [4.78, 5) is 41.1. The van der Waals surface area contributed by atoms with Gasteiger partial charge in [-0.05, 0) is 42.0 Å². The van der Waals surface area contributed by atoms with Crippen molar-refractivity contribution >= 4 is 23.4 Å². The molecule has 0 aliphatic carbocycles. The number of rotatable bonds is 6. The second-order valence-corrected chi connectivity index (χ2v) is 7.05. The van der Waals surface area contributed by atoms with Crippen molar-refractivity contribution in [3.63, 3.8) is 0 Å². The highest BCUT2D eigenvalue weighted by molar-refractivity contribution is 6.23. The molecule has 0 aromatic heterocycles. The predicted molar refractivity (Wildman–Crippen MR) is 107 cm³/mol. The maximum atomic E-state index is 13.1. The lowest BCUT2D eigenvalue weighted by molar-refractivity contribution is -0.138. The molecule has 0 unspecified atom stereocenters. The number of hydrogen-bond donors (Lipinski definition) is 0. The van der Waals surface area contributed by atoms with Crippen LogP contribution in [0.4, 0.5) is 5.69 Å². The molecule has 30 heavy (non-hydrogen) atoms. The number of ether oxygens (including phenoxy) is 3. The Labute approximate surface area is 173 Å². The first kappa shape index (κ1) is 19.8. The van der Waals surface area contributed by atoms with Crippen molar-refractivity contribution in [3.05, 3.63) is 48.0 Å². The SMILES string of the molecule is CCC(=O)N(Cc1ccc2c(c1)OCO2)[C@@H]1CC(=O)N(c2ccc(OC)cc2)C1=O. The Hall–Kier alpha value is -3.55. The molecule has 2 aliphatic heterocycles. The fourth-order valence-electron chi connectivity index (χ4n) is 3.67. The molecule has 1 saturated heterocycles. The largest absolute Gasteiger partial charge is 0.497 e. The lowest BCUT2D eigenvalue weighted by Crippen LogP contribution is -2.44. The van der Waals surface area contributed by atoms with Gasteiger partial charge in [0.2, 0.25) is 18.6 Å². The van der Waals surface area contributed by atoms with Crippen molar-refractivity contribution in [2.24, 2.45) is 0 Å². The van der Waals surface area contributed by atoms with E-state index in [9.17, 15) is 14.4 Å². The fourth-order valence-corrected chi connectivity index (χ4v) is 3.67. The third-order valence-electron chi connectivity index (χ3n) is 5.24. The Balaban J connectivity index is 1.59. The Morgan fingerprint density at radius 2 is 1.87 bits per heavy atom. The van der Waals surface area contributed by atoms with Crippen molar-refractivity contribution in [1.29, 1.82) is 0 Å². The molecule has 2 aliphatic rings. The van der Waals surface area contributed by atoms with Crippen molar-refractivity contribution in [2.75, 3.05) is 18.8 Å². The molecule has 0 radical (unpaired) electrons. The molecule has 0 saturated carbocycles. The molecule has 1 atom stereocenters. The van der Waals surface area contributed by atoms with E-state index < -0.39 is 11.9 Å². The molecule has 0 N–H and O–H groups in total. The summed E-state index contributed by atoms with van der Waals surface area (Å²) in [5, 5.41) is 0. The molecular formula is C22H22N2O6. The van der Waals surface area contributed by atoms with E-state index in [4.69, 9.17) is 14.2 Å². The number of methoxy groups -OCH3 is 1. The van der Waals surface area contributed by atoms with Crippen LogP contribution in [-0.4, -0.2) is 42.6 Å². The number of carbonyl (C=O) groups is 3. The molecule has 2 aromatic carbocycles. The van der Waals surface area contributed by atoms with Crippen molar-refractivity contribution in [2.45, 2.75) is 32.4 Å². The molecule has 2 heterocycles. The quantitative estimate of drug-likeness (QED) is 0.681. The summed E-state index contributed by atoms with van der Waals surface area (Å²) in [6.45, 7) is 2.09. The number of carbonyl (C=O) groups excluding carboxylic acids is 3. The van der Waals surface area contributed by atoms with Crippen LogP contribution in [0.25, 0.3) is 0 Å². The normalized spacial score (nSPS) is 17.4. The topological polar surface area (TPSA) is 85.4 Å². The van der Waals surface area contributed by atoms with E-state index in [-0.39, 0.29) is 38.0 Å². The highest BCUT2D eigenvalue weighted by Gasteiger charge is 2.44. The Morgan fingerprint density at radius 1 is 1.13 bits per heavy atom. The number of amides is 3. The molecule has 8 nitrogen and oxygen atoms in total. The summed E-state index contributed by atoms with van der Waals surface area (Å²) >= 11 is 0. The first-order valence-electron chi connectivity index (χ1n) is 9.70. The molecule has 4 rings (SSSR count). The second kappa shape index (κ2) is 8.06. The van der Waals surface area contributed by atoms with Crippen LogP contribution in [0.1, 0.15) is 25.3 Å². The number of hydrogen-bond acceptors (Lipinski definition) is 6. The minimum Gasteiger partial charge on any atom is -0.497 e. The van der Waals surface area contributed by atoms with Crippen LogP contribution in [0.15, 0.2) is 42.5 Å². The third-order valence-corrected chi connectivity index (χ3v) is 5.24. The van der Waals surface area contributed by atoms with E-state index >= 15 is 0 Å². The highest BCUT2D eigenvalue weighted by Crippen LogP contribution is 2.34. The van der Waals surface area contributed by atoms with Gasteiger partial charge in [0, 0.05) is 13.0 Å². The first-order valence-corrected chi connectivity index (χ1v) is 9.70. The zero-order valence-electron chi connectivity index (χ0n) is 16.8. The third kappa shape index (κ3) is 3.56. The van der Waals surface area contributed by atoms with E-state index in [0.717, 1.165) is 10.5 Å². The van der Waals surface area contributed by atoms with Gasteiger partial charge in [0.15, 0.2) is 11.5 Å². The standard InChI is InChI=1S/C22H22N2O6/c1-3-20(25)23(12-14-4-9-18-19(10-14)30-13-29-18)17-11-21(26)24(22(17)27)15-5-7-16(28-2)8-6-15/h4-10,17H,3,11-13H2,1-2H3/t17-/m1/s1. The average Bonchev–Trinajstić information content (AvgIpc) is 3.35. The maximum Gasteiger partial charge on any atom is 0.257 e. The van der Waals surface area contributed by atoms with Crippen LogP contribution in [-0.2, 0) is 20.9 Å². The summed E-state index contributed by atoms with van der Waals surface area (Å²) in [5.41, 5.74) is 1.25. The van der Waals surface area contributed by atoms with E-state index in [2.05, 4.69) is 0 Å². The van der Waals surface area contributed by atoms with E-state index in [0.29, 0.717) is 22.9 Å². The smallest absolute Gasteiger partial charge is 0.257 e. The van der Waals surface area contributed by atoms with Crippen LogP contribution < -0.4 is 19.1 Å². The van der Waals surface area contributed by atoms with Crippen LogP contribution in [0.2, 0.25) is 0 Å². The summed E-state index contributed by atoms with van der Waals surface area (Å²) in [5.74, 6) is 0.924. The lowest BCUT2D eigenvalue weighted by atomic mass is 10.1. The van der Waals surface area contributed by atoms with Crippen molar-refractivity contribution in [3.8, 4) is 17.2 Å². The Morgan fingerprint density at radius 3 is 2.57 bits per heavy atom. The number of nitrogens with zero attached hydrogens (tertiary/aromatic N) is 2. The van der Waals surface area contributed by atoms with Gasteiger partial charge in [0.1, 0.15) is 11.8 Å². The average molecular weight is 410 g/mol. The number of fused-ring (bicyclic) bond motifs is 1. The van der Waals surface area contributed by atoms with Gasteiger partial charge < -0.3 is 19.1 Å². The van der Waals surface area contributed by atoms with E-state index in [1.54, 1.807) is 50.4 Å². The molecule has 0 bridgehead atoms. The van der Waals surface area contributed by atoms with Crippen LogP contribution in [0, 0.1) is 0 Å². The molecule has 0 spiro atoms. The van der Waals surface area contributed by atoms with Gasteiger partial charge in [0.25, 0.3) is 5.91 Å². The minimum atomic E-state index is -0.850. The molecule has 2 aromatic rings. The summed E-state index contributed by atoms with van der Waals surface area (Å²) < 4.78 is 15.8. The van der Waals surface area contributed by atoms with Gasteiger partial charge in [-0.1, -0.05) is 13.0 Å². The molecular weight excluding hydrogens is 388 g/mol. The highest BCUT2D eigenvalue weighted by atomic mass is 16.7. The Bertz CT molecular complexity index is 988. The molecule has 1 fully saturated rings. The maximum absolute atomic E-state index is 13.1. The van der Waals surface area contributed by atoms with Gasteiger partial charge in [-0.2, -0.15) is 0 Å². The van der Waals surface area contributed by atoms with Crippen molar-refractivity contribution in [1.82, 2.24) is 4.90 Å². The minimum absolute atomic E-state index is 0.0544. The molecule has 156 valence electrons. The van der Waals surface area contributed by atoms with Crippen LogP contribution >= 0.6 is 0 Å². The number of anilines is 1. The van der Waals surface area contributed by atoms with Gasteiger partial charge in [-0.25, -0.2) is 4.90 Å². The van der Waals surface area contributed by atoms with Crippen molar-refractivity contribution < 1.29 is 28.6 Å². The first-order chi connectivity index (χ1) is 14.5.